The molecule has 19 heavy (non-hydrogen) atoms. The number of thiophene rings is 1. The highest BCUT2D eigenvalue weighted by molar-refractivity contribution is 9.11. The fourth-order valence-electron chi connectivity index (χ4n) is 2.13. The third kappa shape index (κ3) is 2.35. The first kappa shape index (κ1) is 12.6. The van der Waals surface area contributed by atoms with Crippen LogP contribution in [-0.2, 0) is 13.5 Å². The van der Waals surface area contributed by atoms with Crippen molar-refractivity contribution in [2.45, 2.75) is 6.42 Å². The topological polar surface area (TPSA) is 34.9 Å². The van der Waals surface area contributed by atoms with Crippen molar-refractivity contribution in [2.75, 3.05) is 0 Å². The highest BCUT2D eigenvalue weighted by Crippen LogP contribution is 2.23. The minimum Gasteiger partial charge on any atom is -0.294 e. The molecule has 0 bridgehead atoms. The van der Waals surface area contributed by atoms with Gasteiger partial charge >= 0.3 is 0 Å². The van der Waals surface area contributed by atoms with E-state index in [2.05, 4.69) is 21.0 Å². The summed E-state index contributed by atoms with van der Waals surface area (Å²) in [5.74, 6) is 0.103. The van der Waals surface area contributed by atoms with E-state index in [1.54, 1.807) is 0 Å². The Kier molecular flexibility index (Phi) is 3.24. The molecule has 3 rings (SSSR count). The number of Topliss-reactive ketones (excluding diaryl/α,β-unsaturated/α-hetero) is 1. The first-order chi connectivity index (χ1) is 9.15. The number of hydrogen-bond acceptors (Lipinski definition) is 3. The van der Waals surface area contributed by atoms with Gasteiger partial charge in [-0.1, -0.05) is 18.2 Å². The first-order valence-corrected chi connectivity index (χ1v) is 7.50. The maximum Gasteiger partial charge on any atom is 0.169 e. The van der Waals surface area contributed by atoms with E-state index < -0.39 is 0 Å². The molecule has 3 aromatic rings. The zero-order valence-electron chi connectivity index (χ0n) is 10.3. The Morgan fingerprint density at radius 3 is 2.95 bits per heavy atom. The third-order valence-electron chi connectivity index (χ3n) is 3.05. The number of aromatic nitrogens is 2. The van der Waals surface area contributed by atoms with E-state index >= 15 is 0 Å². The fourth-order valence-corrected chi connectivity index (χ4v) is 3.29. The number of carbonyl (C=O) groups is 1. The Morgan fingerprint density at radius 2 is 2.21 bits per heavy atom. The number of hydrogen-bond donors (Lipinski definition) is 0. The standard InChI is InChI=1S/C14H11BrN2OS/c1-17-12-5-3-2-4-10(12)11(16-17)7-13(18)9-6-14(15)19-8-9/h2-6,8H,7H2,1H3. The second-order valence-corrected chi connectivity index (χ2v) is 6.62. The van der Waals surface area contributed by atoms with E-state index in [9.17, 15) is 4.79 Å². The average Bonchev–Trinajstić information content (AvgIpc) is 2.96. The molecule has 0 aliphatic rings. The van der Waals surface area contributed by atoms with Crippen LogP contribution in [0.15, 0.2) is 39.5 Å². The van der Waals surface area contributed by atoms with E-state index in [1.807, 2.05) is 47.4 Å². The molecule has 2 aromatic heterocycles. The summed E-state index contributed by atoms with van der Waals surface area (Å²) in [6.07, 6.45) is 0.338. The van der Waals surface area contributed by atoms with Gasteiger partial charge in [0.15, 0.2) is 5.78 Å². The normalized spacial score (nSPS) is 11.1. The molecule has 0 saturated carbocycles. The minimum absolute atomic E-state index is 0.103. The van der Waals surface area contributed by atoms with Crippen molar-refractivity contribution >= 4 is 44.0 Å². The predicted octanol–water partition coefficient (Wildman–Crippen LogP) is 3.82. The van der Waals surface area contributed by atoms with Gasteiger partial charge < -0.3 is 0 Å². The zero-order chi connectivity index (χ0) is 13.4. The van der Waals surface area contributed by atoms with E-state index in [1.165, 1.54) is 11.3 Å². The molecule has 0 aliphatic heterocycles. The van der Waals surface area contributed by atoms with Gasteiger partial charge in [0.1, 0.15) is 0 Å². The van der Waals surface area contributed by atoms with Gasteiger partial charge in [-0.25, -0.2) is 0 Å². The summed E-state index contributed by atoms with van der Waals surface area (Å²) in [7, 11) is 1.90. The van der Waals surface area contributed by atoms with Gasteiger partial charge in [0.25, 0.3) is 0 Å². The highest BCUT2D eigenvalue weighted by Gasteiger charge is 2.14. The largest absolute Gasteiger partial charge is 0.294 e. The molecule has 0 amide bonds. The molecule has 0 N–H and O–H groups in total. The molecular weight excluding hydrogens is 324 g/mol. The predicted molar refractivity (Wildman–Crippen MR) is 80.8 cm³/mol. The molecular formula is C14H11BrN2OS. The van der Waals surface area contributed by atoms with Crippen LogP contribution in [0.5, 0.6) is 0 Å². The molecule has 0 saturated heterocycles. The number of ketones is 1. The third-order valence-corrected chi connectivity index (χ3v) is 4.56. The van der Waals surface area contributed by atoms with Crippen LogP contribution in [0.25, 0.3) is 10.9 Å². The SMILES string of the molecule is Cn1nc(CC(=O)c2csc(Br)c2)c2ccccc21. The Morgan fingerprint density at radius 1 is 1.42 bits per heavy atom. The number of carbonyl (C=O) groups excluding carboxylic acids is 1. The summed E-state index contributed by atoms with van der Waals surface area (Å²) in [5, 5.41) is 7.37. The number of halogens is 1. The van der Waals surface area contributed by atoms with E-state index in [-0.39, 0.29) is 5.78 Å². The maximum absolute atomic E-state index is 12.2. The van der Waals surface area contributed by atoms with Crippen LogP contribution in [0, 0.1) is 0 Å². The molecule has 5 heteroatoms. The van der Waals surface area contributed by atoms with Gasteiger partial charge in [0.05, 0.1) is 21.4 Å². The van der Waals surface area contributed by atoms with Crippen LogP contribution in [0.2, 0.25) is 0 Å². The molecule has 0 fully saturated rings. The molecule has 0 atom stereocenters. The second-order valence-electron chi connectivity index (χ2n) is 4.33. The van der Waals surface area contributed by atoms with Gasteiger partial charge in [0.2, 0.25) is 0 Å². The Bertz CT molecular complexity index is 760. The lowest BCUT2D eigenvalue weighted by Gasteiger charge is -1.95. The molecule has 0 unspecified atom stereocenters. The van der Waals surface area contributed by atoms with Crippen LogP contribution in [-0.4, -0.2) is 15.6 Å². The Labute approximate surface area is 123 Å². The van der Waals surface area contributed by atoms with Gasteiger partial charge in [-0.15, -0.1) is 11.3 Å². The summed E-state index contributed by atoms with van der Waals surface area (Å²) < 4.78 is 2.79. The Balaban J connectivity index is 1.95. The number of nitrogens with zero attached hydrogens (tertiary/aromatic N) is 2. The van der Waals surface area contributed by atoms with Crippen molar-refractivity contribution in [3.8, 4) is 0 Å². The summed E-state index contributed by atoms with van der Waals surface area (Å²) in [4.78, 5) is 12.2. The van der Waals surface area contributed by atoms with E-state index in [4.69, 9.17) is 0 Å². The van der Waals surface area contributed by atoms with Crippen LogP contribution in [0.1, 0.15) is 16.1 Å². The van der Waals surface area contributed by atoms with Crippen molar-refractivity contribution in [1.82, 2.24) is 9.78 Å². The average molecular weight is 335 g/mol. The van der Waals surface area contributed by atoms with Crippen LogP contribution < -0.4 is 0 Å². The van der Waals surface area contributed by atoms with Crippen molar-refractivity contribution in [3.05, 3.63) is 50.8 Å². The second kappa shape index (κ2) is 4.90. The lowest BCUT2D eigenvalue weighted by atomic mass is 10.1. The van der Waals surface area contributed by atoms with Crippen LogP contribution in [0.4, 0.5) is 0 Å². The highest BCUT2D eigenvalue weighted by atomic mass is 79.9. The van der Waals surface area contributed by atoms with Crippen molar-refractivity contribution < 1.29 is 4.79 Å². The summed E-state index contributed by atoms with van der Waals surface area (Å²) >= 11 is 4.90. The lowest BCUT2D eigenvalue weighted by molar-refractivity contribution is 0.0992. The van der Waals surface area contributed by atoms with Crippen molar-refractivity contribution in [1.29, 1.82) is 0 Å². The van der Waals surface area contributed by atoms with Gasteiger partial charge in [0, 0.05) is 23.4 Å². The van der Waals surface area contributed by atoms with Crippen molar-refractivity contribution in [2.24, 2.45) is 7.05 Å². The fraction of sp³-hybridized carbons (Fsp3) is 0.143. The minimum atomic E-state index is 0.103. The molecule has 0 aliphatic carbocycles. The molecule has 1 aromatic carbocycles. The van der Waals surface area contributed by atoms with Crippen LogP contribution in [0.3, 0.4) is 0 Å². The number of rotatable bonds is 3. The zero-order valence-corrected chi connectivity index (χ0v) is 12.7. The number of benzene rings is 1. The monoisotopic (exact) mass is 334 g/mol. The quantitative estimate of drug-likeness (QED) is 0.682. The van der Waals surface area contributed by atoms with E-state index in [0.717, 1.165) is 25.9 Å². The summed E-state index contributed by atoms with van der Waals surface area (Å²) in [6.45, 7) is 0. The summed E-state index contributed by atoms with van der Waals surface area (Å²) in [6, 6.07) is 9.83. The molecule has 0 spiro atoms. The lowest BCUT2D eigenvalue weighted by Crippen LogP contribution is -2.03. The number of aryl methyl sites for hydroxylation is 1. The van der Waals surface area contributed by atoms with Gasteiger partial charge in [-0.2, -0.15) is 5.10 Å². The van der Waals surface area contributed by atoms with Gasteiger partial charge in [-0.05, 0) is 28.1 Å². The Hall–Kier alpha value is -1.46. The number of para-hydroxylation sites is 1. The van der Waals surface area contributed by atoms with E-state index in [0.29, 0.717) is 6.42 Å². The van der Waals surface area contributed by atoms with Crippen LogP contribution >= 0.6 is 27.3 Å². The summed E-state index contributed by atoms with van der Waals surface area (Å²) in [5.41, 5.74) is 2.63. The maximum atomic E-state index is 12.2. The van der Waals surface area contributed by atoms with Gasteiger partial charge in [-0.3, -0.25) is 9.48 Å². The smallest absolute Gasteiger partial charge is 0.169 e. The molecule has 96 valence electrons. The first-order valence-electron chi connectivity index (χ1n) is 5.83. The molecule has 3 nitrogen and oxygen atoms in total. The number of fused-ring (bicyclic) bond motifs is 1. The molecule has 2 heterocycles. The molecule has 0 radical (unpaired) electrons. The van der Waals surface area contributed by atoms with Crippen molar-refractivity contribution in [3.63, 3.8) is 0 Å².